The largest absolute Gasteiger partial charge is 0.497 e. The summed E-state index contributed by atoms with van der Waals surface area (Å²) in [6, 6.07) is 17.8. The van der Waals surface area contributed by atoms with Crippen LogP contribution in [0.15, 0.2) is 60.8 Å². The highest BCUT2D eigenvalue weighted by molar-refractivity contribution is 5.78. The Labute approximate surface area is 159 Å². The van der Waals surface area contributed by atoms with E-state index in [-0.39, 0.29) is 12.7 Å². The highest BCUT2D eigenvalue weighted by Crippen LogP contribution is 2.34. The number of ether oxygens (including phenoxy) is 2. The summed E-state index contributed by atoms with van der Waals surface area (Å²) in [5.41, 5.74) is 5.56. The maximum Gasteiger partial charge on any atom is 0.418 e. The fourth-order valence-electron chi connectivity index (χ4n) is 3.70. The van der Waals surface area contributed by atoms with Gasteiger partial charge in [0, 0.05) is 17.5 Å². The Kier molecular flexibility index (Phi) is 4.97. The third-order valence-electron chi connectivity index (χ3n) is 5.12. The number of aromatic nitrogens is 1. The van der Waals surface area contributed by atoms with E-state index in [1.165, 1.54) is 5.56 Å². The first kappa shape index (κ1) is 17.4. The van der Waals surface area contributed by atoms with Crippen molar-refractivity contribution in [3.8, 4) is 16.9 Å². The van der Waals surface area contributed by atoms with Crippen molar-refractivity contribution in [2.45, 2.75) is 32.3 Å². The quantitative estimate of drug-likeness (QED) is 0.639. The van der Waals surface area contributed by atoms with Crippen LogP contribution in [0.4, 0.5) is 4.79 Å². The molecule has 0 unspecified atom stereocenters. The lowest BCUT2D eigenvalue weighted by Crippen LogP contribution is -2.17. The van der Waals surface area contributed by atoms with Gasteiger partial charge < -0.3 is 9.47 Å². The molecule has 4 heteroatoms. The van der Waals surface area contributed by atoms with Crippen molar-refractivity contribution in [3.63, 3.8) is 0 Å². The van der Waals surface area contributed by atoms with E-state index < -0.39 is 0 Å². The highest BCUT2D eigenvalue weighted by atomic mass is 16.5. The monoisotopic (exact) mass is 361 g/mol. The van der Waals surface area contributed by atoms with E-state index in [1.54, 1.807) is 11.7 Å². The number of nitrogens with zero attached hydrogens (tertiary/aromatic N) is 1. The van der Waals surface area contributed by atoms with Crippen LogP contribution in [-0.2, 0) is 24.2 Å². The Morgan fingerprint density at radius 3 is 2.48 bits per heavy atom. The van der Waals surface area contributed by atoms with Crippen molar-refractivity contribution in [2.24, 2.45) is 0 Å². The second kappa shape index (κ2) is 7.70. The number of methoxy groups -OCH3 is 1. The van der Waals surface area contributed by atoms with Crippen LogP contribution in [0.2, 0.25) is 0 Å². The number of fused-ring (bicyclic) bond motifs is 1. The van der Waals surface area contributed by atoms with Crippen molar-refractivity contribution in [1.29, 1.82) is 0 Å². The van der Waals surface area contributed by atoms with Crippen molar-refractivity contribution >= 4 is 6.09 Å². The van der Waals surface area contributed by atoms with Gasteiger partial charge in [0.25, 0.3) is 0 Å². The molecule has 0 amide bonds. The summed E-state index contributed by atoms with van der Waals surface area (Å²) in [4.78, 5) is 12.8. The SMILES string of the molecule is COc1ccc(-c2cn(C(=O)OCc3ccccc3)c3c2CCCC3)cc1. The van der Waals surface area contributed by atoms with Crippen LogP contribution in [-0.4, -0.2) is 17.8 Å². The van der Waals surface area contributed by atoms with Crippen molar-refractivity contribution in [1.82, 2.24) is 4.57 Å². The van der Waals surface area contributed by atoms with Gasteiger partial charge in [-0.3, -0.25) is 4.57 Å². The van der Waals surface area contributed by atoms with Crippen molar-refractivity contribution in [2.75, 3.05) is 7.11 Å². The second-order valence-corrected chi connectivity index (χ2v) is 6.81. The fourth-order valence-corrected chi connectivity index (χ4v) is 3.70. The molecule has 0 aliphatic heterocycles. The number of carbonyl (C=O) groups is 1. The number of hydrogen-bond acceptors (Lipinski definition) is 3. The van der Waals surface area contributed by atoms with Crippen molar-refractivity contribution < 1.29 is 14.3 Å². The molecule has 0 radical (unpaired) electrons. The minimum atomic E-state index is -0.309. The van der Waals surface area contributed by atoms with Crippen LogP contribution < -0.4 is 4.74 Å². The Morgan fingerprint density at radius 1 is 1.00 bits per heavy atom. The molecule has 4 rings (SSSR count). The standard InChI is InChI=1S/C23H23NO3/c1-26-19-13-11-18(12-14-19)21-15-24(22-10-6-5-9-20(21)22)23(25)27-16-17-7-3-2-4-8-17/h2-4,7-8,11-15H,5-6,9-10,16H2,1H3. The van der Waals surface area contributed by atoms with Crippen LogP contribution in [0.25, 0.3) is 11.1 Å². The van der Waals surface area contributed by atoms with E-state index in [4.69, 9.17) is 9.47 Å². The molecule has 27 heavy (non-hydrogen) atoms. The second-order valence-electron chi connectivity index (χ2n) is 6.81. The first-order chi connectivity index (χ1) is 13.3. The van der Waals surface area contributed by atoms with Gasteiger partial charge in [-0.05, 0) is 54.5 Å². The van der Waals surface area contributed by atoms with Gasteiger partial charge in [-0.1, -0.05) is 42.5 Å². The van der Waals surface area contributed by atoms with Gasteiger partial charge in [0.15, 0.2) is 0 Å². The predicted molar refractivity (Wildman–Crippen MR) is 105 cm³/mol. The summed E-state index contributed by atoms with van der Waals surface area (Å²) in [6.07, 6.45) is 5.79. The van der Waals surface area contributed by atoms with Gasteiger partial charge >= 0.3 is 6.09 Å². The Hall–Kier alpha value is -3.01. The minimum absolute atomic E-state index is 0.282. The fraction of sp³-hybridized carbons (Fsp3) is 0.261. The maximum absolute atomic E-state index is 12.8. The highest BCUT2D eigenvalue weighted by Gasteiger charge is 2.23. The lowest BCUT2D eigenvalue weighted by molar-refractivity contribution is 0.140. The molecular weight excluding hydrogens is 338 g/mol. The lowest BCUT2D eigenvalue weighted by Gasteiger charge is -2.15. The van der Waals surface area contributed by atoms with E-state index in [1.807, 2.05) is 60.8 Å². The predicted octanol–water partition coefficient (Wildman–Crippen LogP) is 5.23. The molecular formula is C23H23NO3. The average Bonchev–Trinajstić information content (AvgIpc) is 3.13. The van der Waals surface area contributed by atoms with Crippen LogP contribution >= 0.6 is 0 Å². The summed E-state index contributed by atoms with van der Waals surface area (Å²) in [5.74, 6) is 0.828. The zero-order chi connectivity index (χ0) is 18.6. The Balaban J connectivity index is 1.62. The first-order valence-corrected chi connectivity index (χ1v) is 9.35. The first-order valence-electron chi connectivity index (χ1n) is 9.35. The topological polar surface area (TPSA) is 40.5 Å². The third kappa shape index (κ3) is 3.61. The molecule has 1 aliphatic carbocycles. The summed E-state index contributed by atoms with van der Waals surface area (Å²) in [7, 11) is 1.66. The van der Waals surface area contributed by atoms with E-state index >= 15 is 0 Å². The van der Waals surface area contributed by atoms with Crippen LogP contribution in [0.3, 0.4) is 0 Å². The lowest BCUT2D eigenvalue weighted by atomic mass is 9.92. The average molecular weight is 361 g/mol. The van der Waals surface area contributed by atoms with E-state index in [0.29, 0.717) is 0 Å². The molecule has 3 aromatic rings. The summed E-state index contributed by atoms with van der Waals surface area (Å²) in [5, 5.41) is 0. The molecule has 0 fully saturated rings. The smallest absolute Gasteiger partial charge is 0.418 e. The third-order valence-corrected chi connectivity index (χ3v) is 5.12. The maximum atomic E-state index is 12.8. The number of hydrogen-bond donors (Lipinski definition) is 0. The summed E-state index contributed by atoms with van der Waals surface area (Å²) in [6.45, 7) is 0.282. The Bertz CT molecular complexity index is 926. The van der Waals surface area contributed by atoms with Gasteiger partial charge in [-0.2, -0.15) is 0 Å². The van der Waals surface area contributed by atoms with E-state index in [2.05, 4.69) is 0 Å². The van der Waals surface area contributed by atoms with Crippen LogP contribution in [0, 0.1) is 0 Å². The molecule has 0 saturated carbocycles. The zero-order valence-corrected chi connectivity index (χ0v) is 15.5. The summed E-state index contributed by atoms with van der Waals surface area (Å²) < 4.78 is 12.5. The van der Waals surface area contributed by atoms with Crippen LogP contribution in [0.1, 0.15) is 29.7 Å². The van der Waals surface area contributed by atoms with Gasteiger partial charge in [0.2, 0.25) is 0 Å². The number of rotatable bonds is 4. The normalized spacial score (nSPS) is 13.1. The minimum Gasteiger partial charge on any atom is -0.497 e. The molecule has 1 aliphatic rings. The molecule has 4 nitrogen and oxygen atoms in total. The number of carbonyl (C=O) groups excluding carboxylic acids is 1. The van der Waals surface area contributed by atoms with Crippen LogP contribution in [0.5, 0.6) is 5.75 Å². The molecule has 0 bridgehead atoms. The van der Waals surface area contributed by atoms with E-state index in [0.717, 1.165) is 53.8 Å². The Morgan fingerprint density at radius 2 is 1.74 bits per heavy atom. The molecule has 0 spiro atoms. The van der Waals surface area contributed by atoms with Gasteiger partial charge in [-0.25, -0.2) is 4.79 Å². The van der Waals surface area contributed by atoms with Crippen molar-refractivity contribution in [3.05, 3.63) is 77.6 Å². The van der Waals surface area contributed by atoms with Gasteiger partial charge in [0.05, 0.1) is 7.11 Å². The van der Waals surface area contributed by atoms with Gasteiger partial charge in [-0.15, -0.1) is 0 Å². The zero-order valence-electron chi connectivity index (χ0n) is 15.5. The molecule has 2 aromatic carbocycles. The molecule has 0 atom stereocenters. The molecule has 0 N–H and O–H groups in total. The molecule has 1 heterocycles. The molecule has 0 saturated heterocycles. The van der Waals surface area contributed by atoms with Gasteiger partial charge in [0.1, 0.15) is 12.4 Å². The molecule has 138 valence electrons. The number of benzene rings is 2. The molecule has 1 aromatic heterocycles. The van der Waals surface area contributed by atoms with E-state index in [9.17, 15) is 4.79 Å². The summed E-state index contributed by atoms with van der Waals surface area (Å²) >= 11 is 0.